The molecule has 2 N–H and O–H groups in total. The lowest BCUT2D eigenvalue weighted by atomic mass is 10.1. The highest BCUT2D eigenvalue weighted by atomic mass is 16.7. The molecule has 0 saturated carbocycles. The summed E-state index contributed by atoms with van der Waals surface area (Å²) >= 11 is 0. The van der Waals surface area contributed by atoms with E-state index in [0.29, 0.717) is 53.6 Å². The number of pyridine rings is 1. The van der Waals surface area contributed by atoms with Crippen LogP contribution < -0.4 is 29.8 Å². The molecule has 0 aliphatic carbocycles. The molecule has 0 bridgehead atoms. The Hall–Kier alpha value is -4.66. The largest absolute Gasteiger partial charge is 0.493 e. The highest BCUT2D eigenvalue weighted by molar-refractivity contribution is 5.83. The van der Waals surface area contributed by atoms with E-state index in [2.05, 4.69) is 10.3 Å². The van der Waals surface area contributed by atoms with Crippen LogP contribution in [0.15, 0.2) is 71.5 Å². The zero-order valence-corrected chi connectivity index (χ0v) is 21.3. The van der Waals surface area contributed by atoms with Gasteiger partial charge in [0.2, 0.25) is 6.79 Å². The molecule has 3 aromatic carbocycles. The van der Waals surface area contributed by atoms with Gasteiger partial charge in [-0.15, -0.1) is 0 Å². The molecular weight excluding hydrogens is 486 g/mol. The Morgan fingerprint density at radius 1 is 0.947 bits per heavy atom. The fraction of sp³-hybridized carbons (Fsp3) is 0.241. The Labute approximate surface area is 219 Å². The second-order valence-electron chi connectivity index (χ2n) is 8.92. The summed E-state index contributed by atoms with van der Waals surface area (Å²) < 4.78 is 21.7. The Morgan fingerprint density at radius 3 is 2.47 bits per heavy atom. The molecule has 0 saturated heterocycles. The van der Waals surface area contributed by atoms with Crippen molar-refractivity contribution in [2.24, 2.45) is 0 Å². The first-order valence-electron chi connectivity index (χ1n) is 12.3. The van der Waals surface area contributed by atoms with Crippen molar-refractivity contribution in [3.05, 3.63) is 93.8 Å². The van der Waals surface area contributed by atoms with Crippen LogP contribution in [0, 0.1) is 0 Å². The van der Waals surface area contributed by atoms with E-state index >= 15 is 0 Å². The van der Waals surface area contributed by atoms with Crippen molar-refractivity contribution in [3.63, 3.8) is 0 Å². The topological polar surface area (TPSA) is 102 Å². The first kappa shape index (κ1) is 25.0. The van der Waals surface area contributed by atoms with E-state index in [-0.39, 0.29) is 24.9 Å². The van der Waals surface area contributed by atoms with Crippen LogP contribution in [0.4, 0.5) is 4.79 Å². The monoisotopic (exact) mass is 515 g/mol. The minimum atomic E-state index is -0.264. The molecule has 1 aliphatic rings. The Kier molecular flexibility index (Phi) is 7.35. The van der Waals surface area contributed by atoms with E-state index < -0.39 is 0 Å². The Morgan fingerprint density at radius 2 is 1.71 bits per heavy atom. The summed E-state index contributed by atoms with van der Waals surface area (Å²) in [7, 11) is 3.17. The predicted molar refractivity (Wildman–Crippen MR) is 143 cm³/mol. The maximum absolute atomic E-state index is 13.3. The smallest absolute Gasteiger partial charge is 0.317 e. The maximum Gasteiger partial charge on any atom is 0.317 e. The first-order chi connectivity index (χ1) is 18.5. The van der Waals surface area contributed by atoms with Gasteiger partial charge in [-0.2, -0.15) is 0 Å². The number of benzene rings is 3. The molecule has 9 nitrogen and oxygen atoms in total. The number of nitrogens with one attached hydrogen (secondary N) is 2. The first-order valence-corrected chi connectivity index (χ1v) is 12.3. The summed E-state index contributed by atoms with van der Waals surface area (Å²) in [5.41, 5.74) is 2.82. The Balaban J connectivity index is 1.38. The van der Waals surface area contributed by atoms with Gasteiger partial charge in [0, 0.05) is 30.1 Å². The third-order valence-corrected chi connectivity index (χ3v) is 6.47. The number of ether oxygens (including phenoxy) is 4. The molecule has 5 rings (SSSR count). The molecule has 0 spiro atoms. The third-order valence-electron chi connectivity index (χ3n) is 6.47. The van der Waals surface area contributed by atoms with Gasteiger partial charge in [0.15, 0.2) is 23.0 Å². The number of fused-ring (bicyclic) bond motifs is 2. The number of amides is 2. The average Bonchev–Trinajstić information content (AvgIpc) is 3.40. The van der Waals surface area contributed by atoms with Crippen molar-refractivity contribution < 1.29 is 23.7 Å². The van der Waals surface area contributed by atoms with Crippen LogP contribution in [-0.4, -0.2) is 43.5 Å². The fourth-order valence-electron chi connectivity index (χ4n) is 4.40. The SMILES string of the molecule is COc1ccc(CCN(Cc2cc3cc4c(cc3[nH]c2=O)OCO4)C(=O)NCc2ccccc2)cc1OC. The molecule has 38 heavy (non-hydrogen) atoms. The highest BCUT2D eigenvalue weighted by Crippen LogP contribution is 2.35. The van der Waals surface area contributed by atoms with Gasteiger partial charge in [0.05, 0.1) is 26.3 Å². The zero-order chi connectivity index (χ0) is 26.5. The van der Waals surface area contributed by atoms with Gasteiger partial charge in [0.1, 0.15) is 0 Å². The molecule has 9 heteroatoms. The van der Waals surface area contributed by atoms with Crippen molar-refractivity contribution in [2.75, 3.05) is 27.6 Å². The summed E-state index contributed by atoms with van der Waals surface area (Å²) in [5, 5.41) is 3.78. The van der Waals surface area contributed by atoms with Crippen molar-refractivity contribution >= 4 is 16.9 Å². The average molecular weight is 516 g/mol. The van der Waals surface area contributed by atoms with Gasteiger partial charge in [-0.3, -0.25) is 4.79 Å². The third kappa shape index (κ3) is 5.51. The van der Waals surface area contributed by atoms with Gasteiger partial charge < -0.3 is 34.1 Å². The van der Waals surface area contributed by atoms with Gasteiger partial charge >= 0.3 is 6.03 Å². The van der Waals surface area contributed by atoms with Crippen LogP contribution in [0.3, 0.4) is 0 Å². The van der Waals surface area contributed by atoms with E-state index in [9.17, 15) is 9.59 Å². The molecule has 4 aromatic rings. The molecular formula is C29H29N3O6. The van der Waals surface area contributed by atoms with Crippen LogP contribution in [0.1, 0.15) is 16.7 Å². The lowest BCUT2D eigenvalue weighted by Gasteiger charge is -2.23. The van der Waals surface area contributed by atoms with Crippen LogP contribution in [0.25, 0.3) is 10.9 Å². The van der Waals surface area contributed by atoms with Crippen molar-refractivity contribution in [2.45, 2.75) is 19.5 Å². The second kappa shape index (κ2) is 11.2. The molecule has 2 heterocycles. The summed E-state index contributed by atoms with van der Waals surface area (Å²) in [5.74, 6) is 2.48. The minimum absolute atomic E-state index is 0.133. The predicted octanol–water partition coefficient (Wildman–Crippen LogP) is 4.23. The van der Waals surface area contributed by atoms with Crippen molar-refractivity contribution in [1.29, 1.82) is 0 Å². The van der Waals surface area contributed by atoms with Crippen LogP contribution in [0.2, 0.25) is 0 Å². The summed E-state index contributed by atoms with van der Waals surface area (Å²) in [6.07, 6.45) is 0.559. The number of hydrogen-bond donors (Lipinski definition) is 2. The number of carbonyl (C=O) groups is 1. The van der Waals surface area contributed by atoms with Crippen LogP contribution >= 0.6 is 0 Å². The number of methoxy groups -OCH3 is 2. The van der Waals surface area contributed by atoms with Crippen LogP contribution in [0.5, 0.6) is 23.0 Å². The van der Waals surface area contributed by atoms with Gasteiger partial charge in [0.25, 0.3) is 5.56 Å². The molecule has 0 atom stereocenters. The summed E-state index contributed by atoms with van der Waals surface area (Å²) in [6.45, 7) is 1.04. The molecule has 196 valence electrons. The number of aromatic nitrogens is 1. The fourth-order valence-corrected chi connectivity index (χ4v) is 4.40. The summed E-state index contributed by atoms with van der Waals surface area (Å²) in [4.78, 5) is 30.9. The van der Waals surface area contributed by atoms with E-state index in [1.807, 2.05) is 54.6 Å². The quantitative estimate of drug-likeness (QED) is 0.346. The zero-order valence-electron chi connectivity index (χ0n) is 21.3. The molecule has 0 radical (unpaired) electrons. The van der Waals surface area contributed by atoms with Crippen molar-refractivity contribution in [1.82, 2.24) is 15.2 Å². The van der Waals surface area contributed by atoms with E-state index in [4.69, 9.17) is 18.9 Å². The minimum Gasteiger partial charge on any atom is -0.493 e. The molecule has 0 unspecified atom stereocenters. The number of rotatable bonds is 9. The lowest BCUT2D eigenvalue weighted by molar-refractivity contribution is 0.174. The number of urea groups is 1. The second-order valence-corrected chi connectivity index (χ2v) is 8.92. The number of aromatic amines is 1. The molecule has 1 aromatic heterocycles. The normalized spacial score (nSPS) is 11.8. The standard InChI is InChI=1S/C29H29N3O6/c1-35-24-9-8-19(12-25(24)36-2)10-11-32(29(34)30-16-20-6-4-3-5-7-20)17-22-13-21-14-26-27(38-18-37-26)15-23(21)31-28(22)33/h3-9,12-15H,10-11,16-18H2,1-2H3,(H,30,34)(H,31,33). The molecule has 0 fully saturated rings. The number of nitrogens with zero attached hydrogens (tertiary/aromatic N) is 1. The highest BCUT2D eigenvalue weighted by Gasteiger charge is 2.19. The lowest BCUT2D eigenvalue weighted by Crippen LogP contribution is -2.41. The molecule has 1 aliphatic heterocycles. The van der Waals surface area contributed by atoms with E-state index in [0.717, 1.165) is 16.5 Å². The molecule has 2 amide bonds. The van der Waals surface area contributed by atoms with E-state index in [1.54, 1.807) is 31.3 Å². The number of carbonyl (C=O) groups excluding carboxylic acids is 1. The van der Waals surface area contributed by atoms with Gasteiger partial charge in [-0.1, -0.05) is 36.4 Å². The number of H-pyrrole nitrogens is 1. The van der Waals surface area contributed by atoms with Crippen LogP contribution in [-0.2, 0) is 19.5 Å². The van der Waals surface area contributed by atoms with Gasteiger partial charge in [-0.05, 0) is 41.8 Å². The van der Waals surface area contributed by atoms with Crippen molar-refractivity contribution in [3.8, 4) is 23.0 Å². The maximum atomic E-state index is 13.3. The number of hydrogen-bond acceptors (Lipinski definition) is 6. The van der Waals surface area contributed by atoms with E-state index in [1.165, 1.54) is 0 Å². The van der Waals surface area contributed by atoms with Gasteiger partial charge in [-0.25, -0.2) is 4.79 Å². The Bertz CT molecular complexity index is 1500. The summed E-state index contributed by atoms with van der Waals surface area (Å²) in [6, 6.07) is 20.5.